The molecule has 0 aromatic carbocycles. The first-order chi connectivity index (χ1) is 8.71. The summed E-state index contributed by atoms with van der Waals surface area (Å²) in [5.74, 6) is 1.03. The van der Waals surface area contributed by atoms with Crippen LogP contribution in [-0.2, 0) is 17.7 Å². The molecule has 0 spiro atoms. The Hall–Kier alpha value is -1.13. The van der Waals surface area contributed by atoms with Crippen molar-refractivity contribution in [2.45, 2.75) is 26.8 Å². The molecule has 4 heteroatoms. The lowest BCUT2D eigenvalue weighted by Crippen LogP contribution is -2.24. The van der Waals surface area contributed by atoms with Crippen LogP contribution in [0.15, 0.2) is 12.1 Å². The van der Waals surface area contributed by atoms with Gasteiger partial charge < -0.3 is 15.0 Å². The van der Waals surface area contributed by atoms with Gasteiger partial charge in [-0.1, -0.05) is 6.92 Å². The van der Waals surface area contributed by atoms with Gasteiger partial charge in [0.2, 0.25) is 0 Å². The lowest BCUT2D eigenvalue weighted by atomic mass is 10.2. The van der Waals surface area contributed by atoms with Crippen LogP contribution in [0.4, 0.5) is 5.82 Å². The lowest BCUT2D eigenvalue weighted by Gasteiger charge is -2.19. The van der Waals surface area contributed by atoms with Crippen molar-refractivity contribution in [3.05, 3.63) is 23.4 Å². The lowest BCUT2D eigenvalue weighted by molar-refractivity contribution is 0.154. The van der Waals surface area contributed by atoms with Crippen LogP contribution >= 0.6 is 0 Å². The van der Waals surface area contributed by atoms with Crippen LogP contribution in [0.3, 0.4) is 0 Å². The number of nitrogens with one attached hydrogen (secondary N) is 1. The molecule has 1 rings (SSSR count). The Morgan fingerprint density at radius 2 is 2.11 bits per heavy atom. The van der Waals surface area contributed by atoms with E-state index in [1.165, 1.54) is 5.56 Å². The molecule has 102 valence electrons. The van der Waals surface area contributed by atoms with Gasteiger partial charge in [-0.2, -0.15) is 0 Å². The van der Waals surface area contributed by atoms with Crippen molar-refractivity contribution in [1.82, 2.24) is 10.3 Å². The van der Waals surface area contributed by atoms with Gasteiger partial charge in [-0.25, -0.2) is 4.98 Å². The molecule has 4 nitrogen and oxygen atoms in total. The maximum absolute atomic E-state index is 5.38. The molecule has 1 heterocycles. The molecule has 0 saturated heterocycles. The van der Waals surface area contributed by atoms with Gasteiger partial charge in [0, 0.05) is 32.4 Å². The summed E-state index contributed by atoms with van der Waals surface area (Å²) in [7, 11) is 4.02. The average molecular weight is 251 g/mol. The summed E-state index contributed by atoms with van der Waals surface area (Å²) >= 11 is 0. The summed E-state index contributed by atoms with van der Waals surface area (Å²) in [6.45, 7) is 7.40. The van der Waals surface area contributed by atoms with Crippen molar-refractivity contribution in [1.29, 1.82) is 0 Å². The molecular formula is C14H25N3O. The quantitative estimate of drug-likeness (QED) is 0.715. The molecule has 0 aliphatic rings. The minimum absolute atomic E-state index is 0.742. The highest BCUT2D eigenvalue weighted by Gasteiger charge is 2.06. The standard InChI is InChI=1S/C14H25N3O/c1-5-13-9-12(11-15-3)10-14(16-13)17(4)7-8-18-6-2/h9-10,15H,5-8,11H2,1-4H3. The van der Waals surface area contributed by atoms with Gasteiger partial charge >= 0.3 is 0 Å². The van der Waals surface area contributed by atoms with Crippen LogP contribution < -0.4 is 10.2 Å². The van der Waals surface area contributed by atoms with E-state index in [1.807, 2.05) is 14.0 Å². The van der Waals surface area contributed by atoms with Crippen molar-refractivity contribution >= 4 is 5.82 Å². The number of nitrogens with zero attached hydrogens (tertiary/aromatic N) is 2. The van der Waals surface area contributed by atoms with Gasteiger partial charge in [0.1, 0.15) is 5.82 Å². The first kappa shape index (κ1) is 14.9. The van der Waals surface area contributed by atoms with E-state index in [1.54, 1.807) is 0 Å². The Labute approximate surface area is 110 Å². The number of aryl methyl sites for hydroxylation is 1. The predicted molar refractivity (Wildman–Crippen MR) is 76.1 cm³/mol. The monoisotopic (exact) mass is 251 g/mol. The molecule has 0 unspecified atom stereocenters. The molecule has 0 aliphatic carbocycles. The topological polar surface area (TPSA) is 37.4 Å². The van der Waals surface area contributed by atoms with E-state index >= 15 is 0 Å². The van der Waals surface area contributed by atoms with E-state index in [4.69, 9.17) is 4.74 Å². The third-order valence-electron chi connectivity index (χ3n) is 2.83. The molecular weight excluding hydrogens is 226 g/mol. The summed E-state index contributed by atoms with van der Waals surface area (Å²) in [5.41, 5.74) is 2.42. The second-order valence-corrected chi connectivity index (χ2v) is 4.33. The molecule has 0 saturated carbocycles. The third-order valence-corrected chi connectivity index (χ3v) is 2.83. The van der Waals surface area contributed by atoms with Crippen LogP contribution in [-0.4, -0.2) is 38.8 Å². The van der Waals surface area contributed by atoms with E-state index in [9.17, 15) is 0 Å². The number of likely N-dealkylation sites (N-methyl/N-ethyl adjacent to an activating group) is 1. The normalized spacial score (nSPS) is 10.7. The van der Waals surface area contributed by atoms with Crippen LogP contribution in [0.2, 0.25) is 0 Å². The SMILES string of the molecule is CCOCCN(C)c1cc(CNC)cc(CC)n1. The third kappa shape index (κ3) is 4.63. The minimum Gasteiger partial charge on any atom is -0.380 e. The highest BCUT2D eigenvalue weighted by Crippen LogP contribution is 2.14. The molecule has 0 aliphatic heterocycles. The minimum atomic E-state index is 0.742. The molecule has 1 aromatic heterocycles. The first-order valence-corrected chi connectivity index (χ1v) is 6.64. The molecule has 1 aromatic rings. The first-order valence-electron chi connectivity index (χ1n) is 6.64. The fraction of sp³-hybridized carbons (Fsp3) is 0.643. The van der Waals surface area contributed by atoms with Crippen LogP contribution in [0.1, 0.15) is 25.1 Å². The second kappa shape index (κ2) is 8.06. The van der Waals surface area contributed by atoms with E-state index in [-0.39, 0.29) is 0 Å². The zero-order chi connectivity index (χ0) is 13.4. The van der Waals surface area contributed by atoms with Gasteiger partial charge in [-0.15, -0.1) is 0 Å². The summed E-state index contributed by atoms with van der Waals surface area (Å²) in [6, 6.07) is 4.30. The van der Waals surface area contributed by atoms with Crippen molar-refractivity contribution in [2.75, 3.05) is 38.8 Å². The van der Waals surface area contributed by atoms with E-state index < -0.39 is 0 Å². The van der Waals surface area contributed by atoms with E-state index in [0.29, 0.717) is 0 Å². The van der Waals surface area contributed by atoms with Gasteiger partial charge in [-0.05, 0) is 38.1 Å². The fourth-order valence-electron chi connectivity index (χ4n) is 1.78. The predicted octanol–water partition coefficient (Wildman–Crippen LogP) is 1.84. The van der Waals surface area contributed by atoms with E-state index in [0.717, 1.165) is 44.2 Å². The average Bonchev–Trinajstić information content (AvgIpc) is 2.39. The Morgan fingerprint density at radius 3 is 2.72 bits per heavy atom. The number of pyridine rings is 1. The number of hydrogen-bond donors (Lipinski definition) is 1. The summed E-state index contributed by atoms with van der Waals surface area (Å²) in [5, 5.41) is 3.18. The second-order valence-electron chi connectivity index (χ2n) is 4.33. The maximum Gasteiger partial charge on any atom is 0.128 e. The van der Waals surface area contributed by atoms with Crippen LogP contribution in [0, 0.1) is 0 Å². The van der Waals surface area contributed by atoms with E-state index in [2.05, 4.69) is 41.3 Å². The molecule has 18 heavy (non-hydrogen) atoms. The largest absolute Gasteiger partial charge is 0.380 e. The number of aromatic nitrogens is 1. The molecule has 0 amide bonds. The summed E-state index contributed by atoms with van der Waals surface area (Å²) < 4.78 is 5.38. The zero-order valence-electron chi connectivity index (χ0n) is 12.0. The van der Waals surface area contributed by atoms with Gasteiger partial charge in [0.05, 0.1) is 6.61 Å². The van der Waals surface area contributed by atoms with Crippen molar-refractivity contribution in [2.24, 2.45) is 0 Å². The van der Waals surface area contributed by atoms with Gasteiger partial charge in [-0.3, -0.25) is 0 Å². The summed E-state index contributed by atoms with van der Waals surface area (Å²) in [6.07, 6.45) is 0.962. The highest BCUT2D eigenvalue weighted by atomic mass is 16.5. The van der Waals surface area contributed by atoms with Crippen molar-refractivity contribution < 1.29 is 4.74 Å². The Balaban J connectivity index is 2.75. The molecule has 1 N–H and O–H groups in total. The van der Waals surface area contributed by atoms with Crippen LogP contribution in [0.25, 0.3) is 0 Å². The number of anilines is 1. The summed E-state index contributed by atoms with van der Waals surface area (Å²) in [4.78, 5) is 6.80. The van der Waals surface area contributed by atoms with Crippen molar-refractivity contribution in [3.63, 3.8) is 0 Å². The Bertz CT molecular complexity index is 355. The number of ether oxygens (including phenoxy) is 1. The smallest absolute Gasteiger partial charge is 0.128 e. The van der Waals surface area contributed by atoms with Crippen molar-refractivity contribution in [3.8, 4) is 0 Å². The molecule has 0 atom stereocenters. The molecule has 0 radical (unpaired) electrons. The molecule has 0 bridgehead atoms. The highest BCUT2D eigenvalue weighted by molar-refractivity contribution is 5.42. The molecule has 0 fully saturated rings. The van der Waals surface area contributed by atoms with Gasteiger partial charge in [0.25, 0.3) is 0 Å². The Morgan fingerprint density at radius 1 is 1.33 bits per heavy atom. The van der Waals surface area contributed by atoms with Gasteiger partial charge in [0.15, 0.2) is 0 Å². The maximum atomic E-state index is 5.38. The number of rotatable bonds is 8. The number of hydrogen-bond acceptors (Lipinski definition) is 4. The Kier molecular flexibility index (Phi) is 6.68. The zero-order valence-corrected chi connectivity index (χ0v) is 12.0. The van der Waals surface area contributed by atoms with Crippen LogP contribution in [0.5, 0.6) is 0 Å². The fourth-order valence-corrected chi connectivity index (χ4v) is 1.78.